The molecule has 1 aliphatic carbocycles. The van der Waals surface area contributed by atoms with Crippen molar-refractivity contribution in [2.24, 2.45) is 11.8 Å². The summed E-state index contributed by atoms with van der Waals surface area (Å²) in [5, 5.41) is 2.91. The largest absolute Gasteiger partial charge is 0.338 e. The summed E-state index contributed by atoms with van der Waals surface area (Å²) in [6.07, 6.45) is 6.45. The molecule has 5 heteroatoms. The molecule has 1 aromatic rings. The highest BCUT2D eigenvalue weighted by Gasteiger charge is 2.33. The molecular formula is C21H32N3O2+. The molecule has 1 aliphatic heterocycles. The highest BCUT2D eigenvalue weighted by atomic mass is 16.2. The van der Waals surface area contributed by atoms with E-state index in [0.717, 1.165) is 41.6 Å². The zero-order valence-electron chi connectivity index (χ0n) is 16.1. The minimum absolute atomic E-state index is 0.0508. The molecule has 1 saturated carbocycles. The monoisotopic (exact) mass is 358 g/mol. The van der Waals surface area contributed by atoms with Crippen LogP contribution in [0.4, 0.5) is 5.69 Å². The number of quaternary nitrogens is 1. The molecule has 1 heterocycles. The summed E-state index contributed by atoms with van der Waals surface area (Å²) < 4.78 is 0. The third-order valence-corrected chi connectivity index (χ3v) is 5.89. The second-order valence-corrected chi connectivity index (χ2v) is 8.16. The minimum atomic E-state index is -0.0508. The molecule has 2 amide bonds. The molecule has 26 heavy (non-hydrogen) atoms. The molecule has 3 rings (SSSR count). The van der Waals surface area contributed by atoms with Gasteiger partial charge < -0.3 is 15.1 Å². The standard InChI is InChI=1S/C21H31N3O2/c1-16-7-9-19(10-8-16)22-20(25)14-23(2)15-21(26)24-12-11-17-5-3-4-6-18(17)13-24/h7-10,17-18H,3-6,11-15H2,1-2H3,(H,22,25)/p+1/t17-,18-/m1/s1. The summed E-state index contributed by atoms with van der Waals surface area (Å²) in [4.78, 5) is 27.8. The van der Waals surface area contributed by atoms with E-state index in [2.05, 4.69) is 5.32 Å². The van der Waals surface area contributed by atoms with Crippen LogP contribution in [-0.4, -0.2) is 49.9 Å². The van der Waals surface area contributed by atoms with E-state index in [9.17, 15) is 9.59 Å². The van der Waals surface area contributed by atoms with Crippen molar-refractivity contribution in [1.82, 2.24) is 4.90 Å². The van der Waals surface area contributed by atoms with Gasteiger partial charge in [0.25, 0.3) is 11.8 Å². The Morgan fingerprint density at radius 2 is 1.77 bits per heavy atom. The SMILES string of the molecule is Cc1ccc(NC(=O)C[NH+](C)CC(=O)N2CC[C@H]3CCCC[C@@H]3C2)cc1. The van der Waals surface area contributed by atoms with Crippen molar-refractivity contribution in [3.8, 4) is 0 Å². The van der Waals surface area contributed by atoms with Crippen LogP contribution in [-0.2, 0) is 9.59 Å². The molecule has 2 N–H and O–H groups in total. The average Bonchev–Trinajstić information content (AvgIpc) is 2.63. The number of anilines is 1. The second-order valence-electron chi connectivity index (χ2n) is 8.16. The summed E-state index contributed by atoms with van der Waals surface area (Å²) in [5.41, 5.74) is 1.97. The van der Waals surface area contributed by atoms with E-state index < -0.39 is 0 Å². The number of carbonyl (C=O) groups excluding carboxylic acids is 2. The number of nitrogens with zero attached hydrogens (tertiary/aromatic N) is 1. The fraction of sp³-hybridized carbons (Fsp3) is 0.619. The summed E-state index contributed by atoms with van der Waals surface area (Å²) in [6, 6.07) is 7.76. The number of likely N-dealkylation sites (tertiary alicyclic amines) is 1. The average molecular weight is 359 g/mol. The van der Waals surface area contributed by atoms with E-state index >= 15 is 0 Å². The van der Waals surface area contributed by atoms with Crippen molar-refractivity contribution in [3.63, 3.8) is 0 Å². The van der Waals surface area contributed by atoms with Gasteiger partial charge in [-0.05, 0) is 43.7 Å². The van der Waals surface area contributed by atoms with Crippen LogP contribution in [0.2, 0.25) is 0 Å². The smallest absolute Gasteiger partial charge is 0.279 e. The van der Waals surface area contributed by atoms with Gasteiger partial charge in [-0.3, -0.25) is 9.59 Å². The van der Waals surface area contributed by atoms with Crippen LogP contribution in [0.3, 0.4) is 0 Å². The van der Waals surface area contributed by atoms with Crippen molar-refractivity contribution < 1.29 is 14.5 Å². The Balaban J connectivity index is 1.43. The van der Waals surface area contributed by atoms with Gasteiger partial charge in [-0.1, -0.05) is 37.0 Å². The van der Waals surface area contributed by atoms with Crippen LogP contribution in [0.25, 0.3) is 0 Å². The lowest BCUT2D eigenvalue weighted by Crippen LogP contribution is -3.11. The first kappa shape index (κ1) is 18.9. The molecule has 142 valence electrons. The number of carbonyl (C=O) groups is 2. The second kappa shape index (κ2) is 8.67. The molecule has 2 fully saturated rings. The summed E-state index contributed by atoms with van der Waals surface area (Å²) in [5.74, 6) is 1.67. The van der Waals surface area contributed by atoms with Gasteiger partial charge in [-0.15, -0.1) is 0 Å². The van der Waals surface area contributed by atoms with E-state index in [0.29, 0.717) is 19.0 Å². The van der Waals surface area contributed by atoms with Gasteiger partial charge in [0.1, 0.15) is 0 Å². The molecule has 0 aromatic heterocycles. The lowest BCUT2D eigenvalue weighted by molar-refractivity contribution is -0.862. The van der Waals surface area contributed by atoms with E-state index in [1.807, 2.05) is 43.1 Å². The third kappa shape index (κ3) is 5.07. The number of hydrogen-bond donors (Lipinski definition) is 2. The molecule has 2 aliphatic rings. The van der Waals surface area contributed by atoms with Crippen molar-refractivity contribution in [2.45, 2.75) is 39.0 Å². The number of rotatable bonds is 5. The fourth-order valence-corrected chi connectivity index (χ4v) is 4.38. The predicted octanol–water partition coefficient (Wildman–Crippen LogP) is 1.49. The maximum Gasteiger partial charge on any atom is 0.279 e. The van der Waals surface area contributed by atoms with Crippen LogP contribution in [0.5, 0.6) is 0 Å². The van der Waals surface area contributed by atoms with Crippen LogP contribution in [0.15, 0.2) is 24.3 Å². The van der Waals surface area contributed by atoms with Gasteiger partial charge in [-0.2, -0.15) is 0 Å². The first-order valence-electron chi connectivity index (χ1n) is 9.97. The number of piperidine rings is 1. The van der Waals surface area contributed by atoms with Crippen molar-refractivity contribution >= 4 is 17.5 Å². The topological polar surface area (TPSA) is 53.9 Å². The van der Waals surface area contributed by atoms with E-state index in [-0.39, 0.29) is 11.8 Å². The lowest BCUT2D eigenvalue weighted by atomic mass is 9.75. The zero-order chi connectivity index (χ0) is 18.5. The number of likely N-dealkylation sites (N-methyl/N-ethyl adjacent to an activating group) is 1. The van der Waals surface area contributed by atoms with Gasteiger partial charge in [0, 0.05) is 18.8 Å². The van der Waals surface area contributed by atoms with Crippen LogP contribution in [0.1, 0.15) is 37.7 Å². The van der Waals surface area contributed by atoms with Crippen LogP contribution >= 0.6 is 0 Å². The molecule has 0 spiro atoms. The highest BCUT2D eigenvalue weighted by molar-refractivity contribution is 5.91. The normalized spacial score (nSPS) is 23.8. The highest BCUT2D eigenvalue weighted by Crippen LogP contribution is 2.35. The van der Waals surface area contributed by atoms with E-state index in [4.69, 9.17) is 0 Å². The Kier molecular flexibility index (Phi) is 6.30. The van der Waals surface area contributed by atoms with Gasteiger partial charge in [-0.25, -0.2) is 0 Å². The molecular weight excluding hydrogens is 326 g/mol. The molecule has 0 bridgehead atoms. The van der Waals surface area contributed by atoms with Crippen molar-refractivity contribution in [1.29, 1.82) is 0 Å². The maximum absolute atomic E-state index is 12.6. The minimum Gasteiger partial charge on any atom is -0.338 e. The summed E-state index contributed by atoms with van der Waals surface area (Å²) in [7, 11) is 1.92. The summed E-state index contributed by atoms with van der Waals surface area (Å²) >= 11 is 0. The van der Waals surface area contributed by atoms with Gasteiger partial charge in [0.15, 0.2) is 13.1 Å². The Labute approximate surface area is 156 Å². The lowest BCUT2D eigenvalue weighted by Gasteiger charge is -2.41. The number of nitrogens with one attached hydrogen (secondary N) is 2. The number of aryl methyl sites for hydroxylation is 1. The Morgan fingerprint density at radius 1 is 1.08 bits per heavy atom. The number of hydrogen-bond acceptors (Lipinski definition) is 2. The van der Waals surface area contributed by atoms with Crippen molar-refractivity contribution in [2.75, 3.05) is 38.5 Å². The van der Waals surface area contributed by atoms with Gasteiger partial charge >= 0.3 is 0 Å². The quantitative estimate of drug-likeness (QED) is 0.838. The Morgan fingerprint density at radius 3 is 2.50 bits per heavy atom. The Hall–Kier alpha value is -1.88. The van der Waals surface area contributed by atoms with Gasteiger partial charge in [0.2, 0.25) is 0 Å². The third-order valence-electron chi connectivity index (χ3n) is 5.89. The molecule has 1 unspecified atom stereocenters. The molecule has 0 radical (unpaired) electrons. The number of fused-ring (bicyclic) bond motifs is 1. The van der Waals surface area contributed by atoms with Gasteiger partial charge in [0.05, 0.1) is 7.05 Å². The maximum atomic E-state index is 12.6. The summed E-state index contributed by atoms with van der Waals surface area (Å²) in [6.45, 7) is 4.53. The predicted molar refractivity (Wildman–Crippen MR) is 103 cm³/mol. The van der Waals surface area contributed by atoms with Crippen molar-refractivity contribution in [3.05, 3.63) is 29.8 Å². The van der Waals surface area contributed by atoms with E-state index in [1.54, 1.807) is 0 Å². The molecule has 5 nitrogen and oxygen atoms in total. The van der Waals surface area contributed by atoms with E-state index in [1.165, 1.54) is 25.7 Å². The molecule has 1 saturated heterocycles. The fourth-order valence-electron chi connectivity index (χ4n) is 4.38. The first-order chi connectivity index (χ1) is 12.5. The number of amides is 2. The molecule has 3 atom stereocenters. The number of benzene rings is 1. The molecule has 1 aromatic carbocycles. The first-order valence-corrected chi connectivity index (χ1v) is 9.97. The zero-order valence-corrected chi connectivity index (χ0v) is 16.1. The van der Waals surface area contributed by atoms with Crippen LogP contribution < -0.4 is 10.2 Å². The Bertz CT molecular complexity index is 629. The van der Waals surface area contributed by atoms with Crippen LogP contribution in [0, 0.1) is 18.8 Å².